The molecule has 2 bridgehead atoms. The van der Waals surface area contributed by atoms with Gasteiger partial charge in [-0.15, -0.1) is 0 Å². The van der Waals surface area contributed by atoms with E-state index in [4.69, 9.17) is 31.2 Å². The van der Waals surface area contributed by atoms with E-state index >= 15 is 0 Å². The Kier molecular flexibility index (Phi) is 5.89. The molecule has 6 heteroatoms. The van der Waals surface area contributed by atoms with Gasteiger partial charge in [-0.05, 0) is 49.9 Å². The zero-order chi connectivity index (χ0) is 17.8. The summed E-state index contributed by atoms with van der Waals surface area (Å²) in [6.07, 6.45) is 5.37. The van der Waals surface area contributed by atoms with Crippen LogP contribution in [0.25, 0.3) is 10.9 Å². The van der Waals surface area contributed by atoms with E-state index < -0.39 is 0 Å². The molecule has 2 aliphatic heterocycles. The Balaban J connectivity index is 0.000000569. The van der Waals surface area contributed by atoms with Gasteiger partial charge in [-0.3, -0.25) is 14.7 Å². The molecule has 3 atom stereocenters. The van der Waals surface area contributed by atoms with Crippen molar-refractivity contribution in [2.24, 2.45) is 0 Å². The maximum Gasteiger partial charge on any atom is 0.290 e. The molecule has 0 aliphatic carbocycles. The Hall–Kier alpha value is -1.69. The summed E-state index contributed by atoms with van der Waals surface area (Å²) in [4.78, 5) is 15.8. The molecule has 0 saturated carbocycles. The molecule has 2 aliphatic rings. The van der Waals surface area contributed by atoms with Crippen molar-refractivity contribution in [2.75, 3.05) is 7.11 Å². The highest BCUT2D eigenvalue weighted by molar-refractivity contribution is 6.31. The average molecular weight is 363 g/mol. The number of fused-ring (bicyclic) bond motifs is 3. The maximum atomic E-state index is 8.36. The molecule has 1 aromatic heterocycles. The van der Waals surface area contributed by atoms with Crippen molar-refractivity contribution in [3.8, 4) is 0 Å². The second-order valence-corrected chi connectivity index (χ2v) is 7.07. The summed E-state index contributed by atoms with van der Waals surface area (Å²) in [5.41, 5.74) is 2.18. The van der Waals surface area contributed by atoms with Crippen LogP contribution in [0, 0.1) is 0 Å². The number of piperidine rings is 1. The number of ether oxygens (including phenoxy) is 1. The van der Waals surface area contributed by atoms with Gasteiger partial charge in [0.15, 0.2) is 0 Å². The number of halogens is 1. The molecule has 134 valence electrons. The van der Waals surface area contributed by atoms with Crippen LogP contribution >= 0.6 is 11.6 Å². The van der Waals surface area contributed by atoms with Gasteiger partial charge in [0.2, 0.25) is 0 Å². The Bertz CT molecular complexity index is 726. The first-order chi connectivity index (χ1) is 12.1. The van der Waals surface area contributed by atoms with Crippen molar-refractivity contribution in [3.63, 3.8) is 0 Å². The topological polar surface area (TPSA) is 62.7 Å². The van der Waals surface area contributed by atoms with Gasteiger partial charge in [0.05, 0.1) is 17.3 Å². The highest BCUT2D eigenvalue weighted by Gasteiger charge is 2.40. The van der Waals surface area contributed by atoms with Gasteiger partial charge in [0.25, 0.3) is 6.47 Å². The SMILES string of the molecule is COC1C[C@H]2CC[C@@H](C1)N2Cc1ccc2cc(Cl)ccc2n1.O=CO. The van der Waals surface area contributed by atoms with E-state index in [1.54, 1.807) is 0 Å². The summed E-state index contributed by atoms with van der Waals surface area (Å²) in [5.74, 6) is 0. The third kappa shape index (κ3) is 4.11. The lowest BCUT2D eigenvalue weighted by Gasteiger charge is -2.38. The van der Waals surface area contributed by atoms with Crippen molar-refractivity contribution in [1.29, 1.82) is 0 Å². The number of rotatable bonds is 3. The minimum Gasteiger partial charge on any atom is -0.483 e. The Morgan fingerprint density at radius 2 is 1.96 bits per heavy atom. The zero-order valence-corrected chi connectivity index (χ0v) is 15.0. The fraction of sp³-hybridized carbons (Fsp3) is 0.474. The fourth-order valence-corrected chi connectivity index (χ4v) is 4.27. The third-order valence-corrected chi connectivity index (χ3v) is 5.46. The highest BCUT2D eigenvalue weighted by Crippen LogP contribution is 2.37. The summed E-state index contributed by atoms with van der Waals surface area (Å²) in [7, 11) is 1.84. The van der Waals surface area contributed by atoms with Crippen LogP contribution < -0.4 is 0 Å². The molecule has 1 aromatic carbocycles. The average Bonchev–Trinajstić information content (AvgIpc) is 2.84. The van der Waals surface area contributed by atoms with E-state index in [9.17, 15) is 0 Å². The minimum atomic E-state index is -0.250. The molecular formula is C19H23ClN2O3. The van der Waals surface area contributed by atoms with E-state index in [2.05, 4.69) is 17.0 Å². The van der Waals surface area contributed by atoms with Gasteiger partial charge in [-0.1, -0.05) is 17.7 Å². The van der Waals surface area contributed by atoms with Crippen LogP contribution in [0.15, 0.2) is 30.3 Å². The summed E-state index contributed by atoms with van der Waals surface area (Å²) in [6, 6.07) is 11.5. The highest BCUT2D eigenvalue weighted by atomic mass is 35.5. The molecular weight excluding hydrogens is 340 g/mol. The molecule has 2 fully saturated rings. The summed E-state index contributed by atoms with van der Waals surface area (Å²) >= 11 is 6.04. The predicted molar refractivity (Wildman–Crippen MR) is 97.8 cm³/mol. The lowest BCUT2D eigenvalue weighted by molar-refractivity contribution is -0.122. The zero-order valence-electron chi connectivity index (χ0n) is 14.3. The van der Waals surface area contributed by atoms with E-state index in [1.807, 2.05) is 25.3 Å². The molecule has 0 spiro atoms. The van der Waals surface area contributed by atoms with Crippen LogP contribution in [0.1, 0.15) is 31.4 Å². The number of benzene rings is 1. The Morgan fingerprint density at radius 1 is 1.28 bits per heavy atom. The van der Waals surface area contributed by atoms with Crippen molar-refractivity contribution in [1.82, 2.24) is 9.88 Å². The molecule has 5 nitrogen and oxygen atoms in total. The number of nitrogens with zero attached hydrogens (tertiary/aromatic N) is 2. The molecule has 2 saturated heterocycles. The van der Waals surface area contributed by atoms with Crippen LogP contribution in [0.4, 0.5) is 0 Å². The molecule has 0 radical (unpaired) electrons. The molecule has 0 amide bonds. The van der Waals surface area contributed by atoms with Gasteiger partial charge in [0.1, 0.15) is 0 Å². The summed E-state index contributed by atoms with van der Waals surface area (Å²) in [6.45, 7) is 0.699. The quantitative estimate of drug-likeness (QED) is 0.843. The number of hydrogen-bond donors (Lipinski definition) is 1. The van der Waals surface area contributed by atoms with Gasteiger partial charge in [-0.25, -0.2) is 0 Å². The van der Waals surface area contributed by atoms with Crippen molar-refractivity contribution >= 4 is 29.0 Å². The van der Waals surface area contributed by atoms with Gasteiger partial charge >= 0.3 is 0 Å². The molecule has 1 N–H and O–H groups in total. The Morgan fingerprint density at radius 3 is 2.60 bits per heavy atom. The number of methoxy groups -OCH3 is 1. The minimum absolute atomic E-state index is 0.250. The monoisotopic (exact) mass is 362 g/mol. The van der Waals surface area contributed by atoms with Crippen LogP contribution in [0.5, 0.6) is 0 Å². The molecule has 25 heavy (non-hydrogen) atoms. The van der Waals surface area contributed by atoms with Crippen molar-refractivity contribution in [3.05, 3.63) is 41.0 Å². The number of aromatic nitrogens is 1. The number of carboxylic acid groups (broad SMARTS) is 1. The van der Waals surface area contributed by atoms with E-state index in [-0.39, 0.29) is 6.47 Å². The normalized spacial score (nSPS) is 25.4. The van der Waals surface area contributed by atoms with E-state index in [0.29, 0.717) is 18.2 Å². The first-order valence-corrected chi connectivity index (χ1v) is 8.94. The van der Waals surface area contributed by atoms with Crippen LogP contribution in [0.3, 0.4) is 0 Å². The van der Waals surface area contributed by atoms with Crippen molar-refractivity contribution in [2.45, 2.75) is 50.4 Å². The van der Waals surface area contributed by atoms with E-state index in [0.717, 1.165) is 41.0 Å². The first kappa shape index (κ1) is 18.1. The molecule has 2 aromatic rings. The van der Waals surface area contributed by atoms with Gasteiger partial charge in [0, 0.05) is 36.1 Å². The van der Waals surface area contributed by atoms with Crippen LogP contribution in [-0.2, 0) is 16.1 Å². The number of pyridine rings is 1. The van der Waals surface area contributed by atoms with Crippen LogP contribution in [-0.4, -0.2) is 46.8 Å². The van der Waals surface area contributed by atoms with Gasteiger partial charge in [-0.2, -0.15) is 0 Å². The second-order valence-electron chi connectivity index (χ2n) is 6.63. The lowest BCUT2D eigenvalue weighted by atomic mass is 9.99. The maximum absolute atomic E-state index is 8.36. The van der Waals surface area contributed by atoms with E-state index in [1.165, 1.54) is 12.8 Å². The Labute approximate surface area is 152 Å². The number of carbonyl (C=O) groups is 1. The predicted octanol–water partition coefficient (Wildman–Crippen LogP) is 3.73. The largest absolute Gasteiger partial charge is 0.483 e. The van der Waals surface area contributed by atoms with Gasteiger partial charge < -0.3 is 9.84 Å². The summed E-state index contributed by atoms with van der Waals surface area (Å²) in [5, 5.41) is 8.76. The second kappa shape index (κ2) is 8.13. The first-order valence-electron chi connectivity index (χ1n) is 8.56. The van der Waals surface area contributed by atoms with Crippen molar-refractivity contribution < 1.29 is 14.6 Å². The smallest absolute Gasteiger partial charge is 0.290 e. The lowest BCUT2D eigenvalue weighted by Crippen LogP contribution is -2.44. The molecule has 3 heterocycles. The summed E-state index contributed by atoms with van der Waals surface area (Å²) < 4.78 is 5.58. The molecule has 1 unspecified atom stereocenters. The number of hydrogen-bond acceptors (Lipinski definition) is 4. The standard InChI is InChI=1S/C18H21ClN2O.CH2O2/c1-22-17-9-15-5-6-16(10-17)21(15)11-14-4-2-12-8-13(19)3-7-18(12)20-14;2-1-3/h2-4,7-8,15-17H,5-6,9-11H2,1H3;1H,(H,2,3)/t15-,16+,17?;. The third-order valence-electron chi connectivity index (χ3n) is 5.23. The fourth-order valence-electron chi connectivity index (χ4n) is 4.09. The molecule has 4 rings (SSSR count). The van der Waals surface area contributed by atoms with Crippen LogP contribution in [0.2, 0.25) is 5.02 Å².